The summed E-state index contributed by atoms with van der Waals surface area (Å²) in [5.74, 6) is 0.173. The van der Waals surface area contributed by atoms with Crippen molar-refractivity contribution in [1.82, 2.24) is 15.1 Å². The number of carbonyl (C=O) groups excluding carboxylic acids is 1. The number of hydrogen-bond donors (Lipinski definition) is 1. The van der Waals surface area contributed by atoms with E-state index in [0.717, 1.165) is 31.7 Å². The van der Waals surface area contributed by atoms with Crippen molar-refractivity contribution in [3.63, 3.8) is 0 Å². The SMILES string of the molecule is C[C@H]1CNCCN1C(=O)c1cccc(CN2CCCC2)c1.Cl.Cl. The molecule has 130 valence electrons. The first-order valence-corrected chi connectivity index (χ1v) is 8.07. The van der Waals surface area contributed by atoms with Gasteiger partial charge in [0.1, 0.15) is 0 Å². The van der Waals surface area contributed by atoms with E-state index in [1.807, 2.05) is 17.0 Å². The molecule has 0 aromatic heterocycles. The third-order valence-electron chi connectivity index (χ3n) is 4.54. The Morgan fingerprint density at radius 1 is 1.22 bits per heavy atom. The lowest BCUT2D eigenvalue weighted by atomic mass is 10.1. The zero-order valence-corrected chi connectivity index (χ0v) is 15.3. The Bertz CT molecular complexity index is 506. The van der Waals surface area contributed by atoms with Gasteiger partial charge in [-0.25, -0.2) is 0 Å². The Morgan fingerprint density at radius 3 is 2.65 bits per heavy atom. The standard InChI is InChI=1S/C17H25N3O.2ClH/c1-14-12-18-7-10-20(14)17(21)16-6-4-5-15(11-16)13-19-8-2-3-9-19;;/h4-6,11,14,18H,2-3,7-10,12-13H2,1H3;2*1H/t14-;;/m0../s1. The van der Waals surface area contributed by atoms with Crippen LogP contribution in [-0.4, -0.2) is 54.5 Å². The van der Waals surface area contributed by atoms with Crippen molar-refractivity contribution in [1.29, 1.82) is 0 Å². The Labute approximate surface area is 151 Å². The van der Waals surface area contributed by atoms with Crippen LogP contribution in [0.1, 0.15) is 35.7 Å². The summed E-state index contributed by atoms with van der Waals surface area (Å²) in [5.41, 5.74) is 2.09. The first-order valence-electron chi connectivity index (χ1n) is 8.07. The predicted octanol–water partition coefficient (Wildman–Crippen LogP) is 2.56. The quantitative estimate of drug-likeness (QED) is 0.900. The van der Waals surface area contributed by atoms with E-state index >= 15 is 0 Å². The van der Waals surface area contributed by atoms with E-state index in [1.54, 1.807) is 0 Å². The zero-order chi connectivity index (χ0) is 14.7. The fraction of sp³-hybridized carbons (Fsp3) is 0.588. The number of likely N-dealkylation sites (tertiary alicyclic amines) is 1. The van der Waals surface area contributed by atoms with E-state index in [0.29, 0.717) is 0 Å². The minimum atomic E-state index is 0. The molecule has 0 aliphatic carbocycles. The number of piperazine rings is 1. The highest BCUT2D eigenvalue weighted by atomic mass is 35.5. The molecule has 1 amide bonds. The molecule has 2 aliphatic rings. The number of nitrogens with one attached hydrogen (secondary N) is 1. The van der Waals surface area contributed by atoms with Crippen molar-refractivity contribution in [2.75, 3.05) is 32.7 Å². The highest BCUT2D eigenvalue weighted by molar-refractivity contribution is 5.94. The first kappa shape index (κ1) is 20.2. The van der Waals surface area contributed by atoms with Crippen molar-refractivity contribution in [2.45, 2.75) is 32.4 Å². The maximum absolute atomic E-state index is 12.7. The molecule has 3 rings (SSSR count). The molecule has 4 nitrogen and oxygen atoms in total. The molecule has 0 saturated carbocycles. The van der Waals surface area contributed by atoms with E-state index in [4.69, 9.17) is 0 Å². The maximum Gasteiger partial charge on any atom is 0.254 e. The second-order valence-electron chi connectivity index (χ2n) is 6.24. The largest absolute Gasteiger partial charge is 0.333 e. The number of nitrogens with zero attached hydrogens (tertiary/aromatic N) is 2. The molecule has 0 spiro atoms. The fourth-order valence-electron chi connectivity index (χ4n) is 3.31. The van der Waals surface area contributed by atoms with E-state index in [9.17, 15) is 4.79 Å². The summed E-state index contributed by atoms with van der Waals surface area (Å²) in [5, 5.41) is 3.33. The minimum absolute atomic E-state index is 0. The molecule has 0 radical (unpaired) electrons. The van der Waals surface area contributed by atoms with Crippen molar-refractivity contribution in [2.24, 2.45) is 0 Å². The van der Waals surface area contributed by atoms with E-state index in [1.165, 1.54) is 31.5 Å². The zero-order valence-electron chi connectivity index (χ0n) is 13.7. The molecule has 0 bridgehead atoms. The van der Waals surface area contributed by atoms with E-state index < -0.39 is 0 Å². The number of amides is 1. The topological polar surface area (TPSA) is 35.6 Å². The molecule has 0 unspecified atom stereocenters. The van der Waals surface area contributed by atoms with Gasteiger partial charge in [0.25, 0.3) is 5.91 Å². The van der Waals surface area contributed by atoms with E-state index in [-0.39, 0.29) is 36.8 Å². The summed E-state index contributed by atoms with van der Waals surface area (Å²) in [7, 11) is 0. The van der Waals surface area contributed by atoms with Gasteiger partial charge in [-0.15, -0.1) is 24.8 Å². The van der Waals surface area contributed by atoms with Crippen LogP contribution >= 0.6 is 24.8 Å². The maximum atomic E-state index is 12.7. The average Bonchev–Trinajstić information content (AvgIpc) is 3.00. The summed E-state index contributed by atoms with van der Waals surface area (Å²) < 4.78 is 0. The summed E-state index contributed by atoms with van der Waals surface area (Å²) in [4.78, 5) is 17.1. The predicted molar refractivity (Wildman–Crippen MR) is 98.8 cm³/mol. The van der Waals surface area contributed by atoms with Crippen LogP contribution in [0.15, 0.2) is 24.3 Å². The molecule has 2 aliphatic heterocycles. The van der Waals surface area contributed by atoms with Gasteiger partial charge in [0.05, 0.1) is 0 Å². The van der Waals surface area contributed by atoms with Gasteiger partial charge in [-0.1, -0.05) is 12.1 Å². The number of benzene rings is 1. The van der Waals surface area contributed by atoms with Gasteiger partial charge in [-0.3, -0.25) is 9.69 Å². The van der Waals surface area contributed by atoms with Crippen LogP contribution in [0.3, 0.4) is 0 Å². The summed E-state index contributed by atoms with van der Waals surface area (Å²) >= 11 is 0. The Morgan fingerprint density at radius 2 is 1.96 bits per heavy atom. The molecule has 6 heteroatoms. The van der Waals surface area contributed by atoms with Crippen LogP contribution in [0.4, 0.5) is 0 Å². The molecule has 23 heavy (non-hydrogen) atoms. The van der Waals surface area contributed by atoms with Gasteiger partial charge in [0.15, 0.2) is 0 Å². The second kappa shape index (κ2) is 9.48. The highest BCUT2D eigenvalue weighted by Gasteiger charge is 2.24. The van der Waals surface area contributed by atoms with Gasteiger partial charge < -0.3 is 10.2 Å². The number of carbonyl (C=O) groups is 1. The van der Waals surface area contributed by atoms with Crippen LogP contribution in [0.5, 0.6) is 0 Å². The summed E-state index contributed by atoms with van der Waals surface area (Å²) in [6.45, 7) is 8.04. The normalized spacial score (nSPS) is 21.4. The third kappa shape index (κ3) is 5.08. The molecule has 2 heterocycles. The Balaban J connectivity index is 0.00000132. The average molecular weight is 360 g/mol. The number of rotatable bonds is 3. The molecule has 2 fully saturated rings. The molecular formula is C17H27Cl2N3O. The lowest BCUT2D eigenvalue weighted by Crippen LogP contribution is -2.52. The van der Waals surface area contributed by atoms with Gasteiger partial charge in [-0.2, -0.15) is 0 Å². The fourth-order valence-corrected chi connectivity index (χ4v) is 3.31. The van der Waals surface area contributed by atoms with Gasteiger partial charge >= 0.3 is 0 Å². The number of hydrogen-bond acceptors (Lipinski definition) is 3. The molecule has 1 aromatic carbocycles. The smallest absolute Gasteiger partial charge is 0.254 e. The lowest BCUT2D eigenvalue weighted by molar-refractivity contribution is 0.0655. The third-order valence-corrected chi connectivity index (χ3v) is 4.54. The van der Waals surface area contributed by atoms with Gasteiger partial charge in [0, 0.05) is 37.8 Å². The van der Waals surface area contributed by atoms with Crippen molar-refractivity contribution in [3.8, 4) is 0 Å². The molecule has 1 aromatic rings. The van der Waals surface area contributed by atoms with E-state index in [2.05, 4.69) is 29.3 Å². The summed E-state index contributed by atoms with van der Waals surface area (Å²) in [6, 6.07) is 8.45. The van der Waals surface area contributed by atoms with Crippen LogP contribution in [0.25, 0.3) is 0 Å². The lowest BCUT2D eigenvalue weighted by Gasteiger charge is -2.34. The molecule has 1 atom stereocenters. The minimum Gasteiger partial charge on any atom is -0.333 e. The monoisotopic (exact) mass is 359 g/mol. The Kier molecular flexibility index (Phi) is 8.34. The van der Waals surface area contributed by atoms with Crippen LogP contribution in [-0.2, 0) is 6.54 Å². The van der Waals surface area contributed by atoms with Gasteiger partial charge in [-0.05, 0) is 50.6 Å². The first-order chi connectivity index (χ1) is 10.2. The van der Waals surface area contributed by atoms with Crippen LogP contribution in [0.2, 0.25) is 0 Å². The second-order valence-corrected chi connectivity index (χ2v) is 6.24. The van der Waals surface area contributed by atoms with Crippen molar-refractivity contribution in [3.05, 3.63) is 35.4 Å². The van der Waals surface area contributed by atoms with Crippen molar-refractivity contribution >= 4 is 30.7 Å². The highest BCUT2D eigenvalue weighted by Crippen LogP contribution is 2.16. The molecular weight excluding hydrogens is 333 g/mol. The van der Waals surface area contributed by atoms with Crippen LogP contribution < -0.4 is 5.32 Å². The van der Waals surface area contributed by atoms with Crippen LogP contribution in [0, 0.1) is 0 Å². The Hall–Kier alpha value is -0.810. The number of halogens is 2. The molecule has 1 N–H and O–H groups in total. The van der Waals surface area contributed by atoms with Gasteiger partial charge in [0.2, 0.25) is 0 Å². The summed E-state index contributed by atoms with van der Waals surface area (Å²) in [6.07, 6.45) is 2.60. The van der Waals surface area contributed by atoms with Crippen molar-refractivity contribution < 1.29 is 4.79 Å². The molecule has 2 saturated heterocycles.